The van der Waals surface area contributed by atoms with E-state index in [-0.39, 0.29) is 23.5 Å². The van der Waals surface area contributed by atoms with E-state index in [1.165, 1.54) is 10.9 Å². The van der Waals surface area contributed by atoms with Gasteiger partial charge in [0.05, 0.1) is 19.4 Å². The monoisotopic (exact) mass is 321 g/mol. The highest BCUT2D eigenvalue weighted by Crippen LogP contribution is 2.39. The lowest BCUT2D eigenvalue weighted by Gasteiger charge is -2.31. The molecule has 1 fully saturated rings. The molecule has 0 aromatic carbocycles. The van der Waals surface area contributed by atoms with Crippen molar-refractivity contribution in [3.63, 3.8) is 0 Å². The van der Waals surface area contributed by atoms with E-state index in [1.54, 1.807) is 0 Å². The summed E-state index contributed by atoms with van der Waals surface area (Å²) in [6, 6.07) is 0. The normalized spacial score (nSPS) is 30.6. The minimum atomic E-state index is -1.62. The van der Waals surface area contributed by atoms with E-state index in [2.05, 4.69) is 20.9 Å². The molecule has 10 heteroatoms. The van der Waals surface area contributed by atoms with Crippen molar-refractivity contribution in [3.8, 4) is 12.3 Å². The van der Waals surface area contributed by atoms with Crippen LogP contribution >= 0.6 is 0 Å². The fraction of sp³-hybridized carbons (Fsp3) is 0.462. The number of aromatic amines is 1. The summed E-state index contributed by atoms with van der Waals surface area (Å²) in [4.78, 5) is 22.1. The number of terminal acetylenes is 1. The first-order chi connectivity index (χ1) is 10.9. The van der Waals surface area contributed by atoms with Gasteiger partial charge in [-0.2, -0.15) is 4.98 Å². The van der Waals surface area contributed by atoms with E-state index in [0.717, 1.165) is 0 Å². The molecule has 0 saturated carbocycles. The maximum atomic E-state index is 11.9. The molecule has 3 heterocycles. The Labute approximate surface area is 129 Å². The van der Waals surface area contributed by atoms with Crippen LogP contribution in [0, 0.1) is 12.3 Å². The molecule has 0 aliphatic carbocycles. The van der Waals surface area contributed by atoms with Crippen molar-refractivity contribution in [2.24, 2.45) is 0 Å². The summed E-state index contributed by atoms with van der Waals surface area (Å²) in [6.45, 7) is -0.521. The molecular formula is C13H15N5O5. The molecule has 4 atom stereocenters. The van der Waals surface area contributed by atoms with Crippen LogP contribution in [0.25, 0.3) is 11.2 Å². The Hall–Kier alpha value is -2.45. The van der Waals surface area contributed by atoms with E-state index < -0.39 is 36.2 Å². The van der Waals surface area contributed by atoms with Crippen molar-refractivity contribution in [1.82, 2.24) is 19.5 Å². The number of hydrogen-bond donors (Lipinski definition) is 5. The summed E-state index contributed by atoms with van der Waals surface area (Å²) >= 11 is 0. The molecular weight excluding hydrogens is 306 g/mol. The molecule has 0 radical (unpaired) electrons. The zero-order valence-electron chi connectivity index (χ0n) is 11.9. The van der Waals surface area contributed by atoms with Gasteiger partial charge in [-0.3, -0.25) is 14.3 Å². The Morgan fingerprint density at radius 3 is 2.91 bits per heavy atom. The lowest BCUT2D eigenvalue weighted by molar-refractivity contribution is -0.142. The Bertz CT molecular complexity index is 839. The Kier molecular flexibility index (Phi) is 3.57. The summed E-state index contributed by atoms with van der Waals surface area (Å²) in [5.74, 6) is 2.21. The molecule has 2 aromatic rings. The number of ether oxygens (including phenoxy) is 1. The lowest BCUT2D eigenvalue weighted by Crippen LogP contribution is -2.45. The van der Waals surface area contributed by atoms with Crippen LogP contribution in [-0.2, 0) is 10.5 Å². The third kappa shape index (κ3) is 2.10. The van der Waals surface area contributed by atoms with Gasteiger partial charge in [-0.25, -0.2) is 4.98 Å². The molecule has 2 aromatic heterocycles. The van der Waals surface area contributed by atoms with Gasteiger partial charge in [-0.15, -0.1) is 12.3 Å². The number of aliphatic hydroxyl groups excluding tert-OH is 3. The first-order valence-electron chi connectivity index (χ1n) is 6.76. The fourth-order valence-corrected chi connectivity index (χ4v) is 2.80. The number of hydrogen-bond acceptors (Lipinski definition) is 8. The summed E-state index contributed by atoms with van der Waals surface area (Å²) in [7, 11) is 0. The molecule has 0 bridgehead atoms. The molecule has 1 aliphatic rings. The number of fused-ring (bicyclic) bond motifs is 1. The molecule has 10 nitrogen and oxygen atoms in total. The highest BCUT2D eigenvalue weighted by molar-refractivity contribution is 5.71. The van der Waals surface area contributed by atoms with Crippen molar-refractivity contribution in [2.75, 3.05) is 12.3 Å². The van der Waals surface area contributed by atoms with Gasteiger partial charge < -0.3 is 25.8 Å². The zero-order chi connectivity index (χ0) is 16.8. The summed E-state index contributed by atoms with van der Waals surface area (Å²) in [5, 5.41) is 29.8. The van der Waals surface area contributed by atoms with Gasteiger partial charge in [0.1, 0.15) is 18.3 Å². The van der Waals surface area contributed by atoms with Crippen LogP contribution in [0.4, 0.5) is 5.95 Å². The average Bonchev–Trinajstić information content (AvgIpc) is 3.03. The van der Waals surface area contributed by atoms with Crippen LogP contribution in [-0.4, -0.2) is 59.8 Å². The maximum Gasteiger partial charge on any atom is 0.280 e. The molecule has 0 unspecified atom stereocenters. The number of aliphatic hydroxyl groups is 3. The Morgan fingerprint density at radius 2 is 2.30 bits per heavy atom. The average molecular weight is 321 g/mol. The van der Waals surface area contributed by atoms with Gasteiger partial charge in [0.15, 0.2) is 16.9 Å². The molecule has 23 heavy (non-hydrogen) atoms. The second-order valence-electron chi connectivity index (χ2n) is 5.24. The minimum Gasteiger partial charge on any atom is -0.394 e. The van der Waals surface area contributed by atoms with Crippen LogP contribution in [0.2, 0.25) is 0 Å². The molecule has 3 rings (SSSR count). The van der Waals surface area contributed by atoms with Gasteiger partial charge in [0.2, 0.25) is 5.95 Å². The number of rotatable bonds is 3. The van der Waals surface area contributed by atoms with Crippen LogP contribution in [0.15, 0.2) is 11.1 Å². The van der Waals surface area contributed by atoms with Crippen molar-refractivity contribution >= 4 is 17.1 Å². The van der Waals surface area contributed by atoms with Gasteiger partial charge in [-0.05, 0) is 0 Å². The Balaban J connectivity index is 2.25. The lowest BCUT2D eigenvalue weighted by atomic mass is 9.99. The molecule has 0 spiro atoms. The van der Waals surface area contributed by atoms with Gasteiger partial charge in [-0.1, -0.05) is 0 Å². The number of aromatic nitrogens is 4. The summed E-state index contributed by atoms with van der Waals surface area (Å²) in [6.07, 6.45) is 2.56. The van der Waals surface area contributed by atoms with E-state index in [4.69, 9.17) is 16.9 Å². The SMILES string of the molecule is C#CC[C@@]1(n2cnc3c(=O)[nH]c(N)nc32)O[C@H](CO)[C@@H](O)[C@H]1O. The first kappa shape index (κ1) is 15.4. The number of nitrogens with two attached hydrogens (primary N) is 1. The van der Waals surface area contributed by atoms with Crippen LogP contribution in [0.3, 0.4) is 0 Å². The number of nitrogen functional groups attached to an aromatic ring is 1. The third-order valence-electron chi connectivity index (χ3n) is 3.89. The summed E-state index contributed by atoms with van der Waals surface area (Å²) < 4.78 is 6.89. The van der Waals surface area contributed by atoms with Gasteiger partial charge in [0, 0.05) is 0 Å². The van der Waals surface area contributed by atoms with Crippen molar-refractivity contribution < 1.29 is 20.1 Å². The largest absolute Gasteiger partial charge is 0.394 e. The van der Waals surface area contributed by atoms with Gasteiger partial charge in [0.25, 0.3) is 5.56 Å². The van der Waals surface area contributed by atoms with Crippen LogP contribution < -0.4 is 11.3 Å². The quantitative estimate of drug-likeness (QED) is 0.388. The van der Waals surface area contributed by atoms with Crippen molar-refractivity contribution in [1.29, 1.82) is 0 Å². The molecule has 0 amide bonds. The second kappa shape index (κ2) is 5.32. The van der Waals surface area contributed by atoms with Gasteiger partial charge >= 0.3 is 0 Å². The highest BCUT2D eigenvalue weighted by Gasteiger charge is 2.55. The Morgan fingerprint density at radius 1 is 1.57 bits per heavy atom. The second-order valence-corrected chi connectivity index (χ2v) is 5.24. The smallest absolute Gasteiger partial charge is 0.280 e. The van der Waals surface area contributed by atoms with Crippen LogP contribution in [0.1, 0.15) is 6.42 Å². The standard InChI is InChI=1S/C13H15N5O5/c1-2-3-13(9(21)8(20)6(4-19)23-13)18-5-15-7-10(18)16-12(14)17-11(7)22/h1,5-6,8-9,19-21H,3-4H2,(H3,14,16,17,22)/t6-,8-,9-,13-/m1/s1. The maximum absolute atomic E-state index is 11.9. The van der Waals surface area contributed by atoms with E-state index >= 15 is 0 Å². The minimum absolute atomic E-state index is 0.0201. The number of H-pyrrole nitrogens is 1. The number of imidazole rings is 1. The summed E-state index contributed by atoms with van der Waals surface area (Å²) in [5.41, 5.74) is 3.39. The number of anilines is 1. The third-order valence-corrected chi connectivity index (χ3v) is 3.89. The van der Waals surface area contributed by atoms with E-state index in [9.17, 15) is 20.1 Å². The predicted octanol–water partition coefficient (Wildman–Crippen LogP) is -2.51. The fourth-order valence-electron chi connectivity index (χ4n) is 2.80. The van der Waals surface area contributed by atoms with Crippen LogP contribution in [0.5, 0.6) is 0 Å². The highest BCUT2D eigenvalue weighted by atomic mass is 16.6. The van der Waals surface area contributed by atoms with E-state index in [1.807, 2.05) is 0 Å². The van der Waals surface area contributed by atoms with Crippen molar-refractivity contribution in [2.45, 2.75) is 30.5 Å². The molecule has 6 N–H and O–H groups in total. The first-order valence-corrected chi connectivity index (χ1v) is 6.76. The predicted molar refractivity (Wildman–Crippen MR) is 78.0 cm³/mol. The topological polar surface area (TPSA) is 160 Å². The van der Waals surface area contributed by atoms with E-state index in [0.29, 0.717) is 0 Å². The van der Waals surface area contributed by atoms with Crippen molar-refractivity contribution in [3.05, 3.63) is 16.7 Å². The molecule has 1 aliphatic heterocycles. The number of nitrogens with zero attached hydrogens (tertiary/aromatic N) is 3. The molecule has 122 valence electrons. The molecule has 1 saturated heterocycles. The number of nitrogens with one attached hydrogen (secondary N) is 1. The zero-order valence-corrected chi connectivity index (χ0v) is 11.9.